The van der Waals surface area contributed by atoms with Gasteiger partial charge >= 0.3 is 0 Å². The third-order valence-corrected chi connectivity index (χ3v) is 2.51. The topological polar surface area (TPSA) is 67.6 Å². The Morgan fingerprint density at radius 3 is 2.70 bits per heavy atom. The van der Waals surface area contributed by atoms with Gasteiger partial charge in [0.25, 0.3) is 12.3 Å². The molecule has 3 N–H and O–H groups in total. The Morgan fingerprint density at radius 1 is 1.45 bits per heavy atom. The summed E-state index contributed by atoms with van der Waals surface area (Å²) in [5, 5.41) is 2.96. The summed E-state index contributed by atoms with van der Waals surface area (Å²) in [4.78, 5) is 13.2. The molecule has 0 aromatic heterocycles. The number of hydrogen-bond acceptors (Lipinski definition) is 4. The normalized spacial score (nSPS) is 10.7. The van der Waals surface area contributed by atoms with E-state index in [9.17, 15) is 13.6 Å². The molecule has 0 saturated heterocycles. The number of nitrogens with zero attached hydrogens (tertiary/aromatic N) is 1. The number of carbonyl (C=O) groups is 1. The van der Waals surface area contributed by atoms with Crippen LogP contribution in [-0.2, 0) is 4.74 Å². The molecule has 20 heavy (non-hydrogen) atoms. The molecule has 0 fully saturated rings. The molecule has 7 heteroatoms. The molecule has 0 unspecified atom stereocenters. The van der Waals surface area contributed by atoms with Crippen molar-refractivity contribution in [3.05, 3.63) is 23.8 Å². The van der Waals surface area contributed by atoms with Crippen LogP contribution in [0.3, 0.4) is 0 Å². The fourth-order valence-electron chi connectivity index (χ4n) is 1.55. The van der Waals surface area contributed by atoms with Crippen LogP contribution in [0.5, 0.6) is 0 Å². The Hall–Kier alpha value is -1.89. The first kappa shape index (κ1) is 16.2. The highest BCUT2D eigenvalue weighted by molar-refractivity contribution is 5.95. The largest absolute Gasteiger partial charge is 0.397 e. The van der Waals surface area contributed by atoms with E-state index < -0.39 is 13.0 Å². The molecule has 0 radical (unpaired) electrons. The highest BCUT2D eigenvalue weighted by Gasteiger charge is 2.09. The van der Waals surface area contributed by atoms with Crippen LogP contribution in [0.25, 0.3) is 0 Å². The molecule has 0 atom stereocenters. The highest BCUT2D eigenvalue weighted by atomic mass is 19.3. The van der Waals surface area contributed by atoms with Crippen molar-refractivity contribution in [3.63, 3.8) is 0 Å². The number of nitrogen functional groups attached to an aromatic ring is 1. The molecule has 0 heterocycles. The number of anilines is 2. The molecule has 0 aliphatic rings. The summed E-state index contributed by atoms with van der Waals surface area (Å²) in [5.41, 5.74) is 7.38. The predicted molar refractivity (Wildman–Crippen MR) is 74.2 cm³/mol. The van der Waals surface area contributed by atoms with Crippen LogP contribution in [0.4, 0.5) is 20.2 Å². The van der Waals surface area contributed by atoms with Crippen molar-refractivity contribution in [2.75, 3.05) is 44.9 Å². The number of nitrogens with two attached hydrogens (primary N) is 1. The van der Waals surface area contributed by atoms with Crippen molar-refractivity contribution in [2.45, 2.75) is 6.43 Å². The average molecular weight is 287 g/mol. The van der Waals surface area contributed by atoms with Gasteiger partial charge in [0.15, 0.2) is 0 Å². The SMILES string of the molecule is CN(C)C(=O)c1ccc(NCCOCC(F)F)c(N)c1. The van der Waals surface area contributed by atoms with Gasteiger partial charge in [-0.25, -0.2) is 8.78 Å². The number of nitrogens with one attached hydrogen (secondary N) is 1. The van der Waals surface area contributed by atoms with Gasteiger partial charge in [-0.3, -0.25) is 4.79 Å². The molecule has 0 spiro atoms. The summed E-state index contributed by atoms with van der Waals surface area (Å²) >= 11 is 0. The number of rotatable bonds is 7. The van der Waals surface area contributed by atoms with Gasteiger partial charge in [0.05, 0.1) is 18.0 Å². The van der Waals surface area contributed by atoms with E-state index in [0.29, 0.717) is 23.5 Å². The maximum atomic E-state index is 11.8. The number of alkyl halides is 2. The predicted octanol–water partition coefficient (Wildman–Crippen LogP) is 1.66. The first-order valence-electron chi connectivity index (χ1n) is 6.12. The lowest BCUT2D eigenvalue weighted by molar-refractivity contribution is 0.0215. The zero-order valence-corrected chi connectivity index (χ0v) is 11.5. The maximum absolute atomic E-state index is 11.8. The van der Waals surface area contributed by atoms with Gasteiger partial charge in [0, 0.05) is 26.2 Å². The second kappa shape index (κ2) is 7.64. The minimum Gasteiger partial charge on any atom is -0.397 e. The van der Waals surface area contributed by atoms with Gasteiger partial charge in [-0.1, -0.05) is 0 Å². The van der Waals surface area contributed by atoms with Crippen molar-refractivity contribution in [3.8, 4) is 0 Å². The molecule has 112 valence electrons. The zero-order chi connectivity index (χ0) is 15.1. The summed E-state index contributed by atoms with van der Waals surface area (Å²) in [6.07, 6.45) is -2.46. The van der Waals surface area contributed by atoms with E-state index in [1.54, 1.807) is 32.3 Å². The summed E-state index contributed by atoms with van der Waals surface area (Å²) < 4.78 is 28.4. The molecule has 0 saturated carbocycles. The van der Waals surface area contributed by atoms with Gasteiger partial charge in [-0.15, -0.1) is 0 Å². The van der Waals surface area contributed by atoms with Crippen molar-refractivity contribution in [2.24, 2.45) is 0 Å². The number of amides is 1. The standard InChI is InChI=1S/C13H19F2N3O2/c1-18(2)13(19)9-3-4-11(10(16)7-9)17-5-6-20-8-12(14)15/h3-4,7,12,17H,5-6,8,16H2,1-2H3. The van der Waals surface area contributed by atoms with E-state index >= 15 is 0 Å². The van der Waals surface area contributed by atoms with Crippen molar-refractivity contribution >= 4 is 17.3 Å². The van der Waals surface area contributed by atoms with Crippen LogP contribution in [0.1, 0.15) is 10.4 Å². The lowest BCUT2D eigenvalue weighted by Gasteiger charge is -2.13. The molecule has 1 rings (SSSR count). The monoisotopic (exact) mass is 287 g/mol. The summed E-state index contributed by atoms with van der Waals surface area (Å²) in [7, 11) is 3.32. The fraction of sp³-hybridized carbons (Fsp3) is 0.462. The van der Waals surface area contributed by atoms with E-state index in [1.165, 1.54) is 4.90 Å². The third-order valence-electron chi connectivity index (χ3n) is 2.51. The van der Waals surface area contributed by atoms with Crippen molar-refractivity contribution in [1.29, 1.82) is 0 Å². The summed E-state index contributed by atoms with van der Waals surface area (Å²) in [6, 6.07) is 4.91. The average Bonchev–Trinajstić information content (AvgIpc) is 2.38. The molecule has 0 aliphatic carbocycles. The lowest BCUT2D eigenvalue weighted by Crippen LogP contribution is -2.22. The Labute approximate surface area is 116 Å². The summed E-state index contributed by atoms with van der Waals surface area (Å²) in [5.74, 6) is -0.136. The Bertz CT molecular complexity index is 453. The fourth-order valence-corrected chi connectivity index (χ4v) is 1.55. The van der Waals surface area contributed by atoms with Gasteiger partial charge < -0.3 is 20.7 Å². The Balaban J connectivity index is 2.50. The van der Waals surface area contributed by atoms with E-state index in [4.69, 9.17) is 10.5 Å². The molecule has 1 aromatic rings. The lowest BCUT2D eigenvalue weighted by atomic mass is 10.1. The van der Waals surface area contributed by atoms with E-state index in [2.05, 4.69) is 5.32 Å². The summed E-state index contributed by atoms with van der Waals surface area (Å²) in [6.45, 7) is -0.0620. The maximum Gasteiger partial charge on any atom is 0.261 e. The number of carbonyl (C=O) groups excluding carboxylic acids is 1. The zero-order valence-electron chi connectivity index (χ0n) is 11.5. The van der Waals surface area contributed by atoms with Crippen LogP contribution >= 0.6 is 0 Å². The minimum atomic E-state index is -2.46. The smallest absolute Gasteiger partial charge is 0.261 e. The number of ether oxygens (including phenoxy) is 1. The van der Waals surface area contributed by atoms with Crippen LogP contribution in [0, 0.1) is 0 Å². The highest BCUT2D eigenvalue weighted by Crippen LogP contribution is 2.20. The van der Waals surface area contributed by atoms with Gasteiger partial charge in [0.2, 0.25) is 0 Å². The molecule has 5 nitrogen and oxygen atoms in total. The molecule has 1 amide bonds. The van der Waals surface area contributed by atoms with Gasteiger partial charge in [0.1, 0.15) is 6.61 Å². The number of hydrogen-bond donors (Lipinski definition) is 2. The molecule has 0 bridgehead atoms. The molecule has 1 aromatic carbocycles. The first-order valence-corrected chi connectivity index (χ1v) is 6.12. The number of benzene rings is 1. The first-order chi connectivity index (χ1) is 9.41. The van der Waals surface area contributed by atoms with Gasteiger partial charge in [-0.05, 0) is 18.2 Å². The van der Waals surface area contributed by atoms with E-state index in [1.807, 2.05) is 0 Å². The number of halogens is 2. The second-order valence-electron chi connectivity index (χ2n) is 4.39. The van der Waals surface area contributed by atoms with E-state index in [-0.39, 0.29) is 12.5 Å². The van der Waals surface area contributed by atoms with Crippen LogP contribution in [0.2, 0.25) is 0 Å². The second-order valence-corrected chi connectivity index (χ2v) is 4.39. The quantitative estimate of drug-likeness (QED) is 0.591. The Morgan fingerprint density at radius 2 is 2.15 bits per heavy atom. The molecule has 0 aliphatic heterocycles. The van der Waals surface area contributed by atoms with Crippen LogP contribution in [0.15, 0.2) is 18.2 Å². The van der Waals surface area contributed by atoms with E-state index in [0.717, 1.165) is 0 Å². The van der Waals surface area contributed by atoms with Crippen molar-refractivity contribution < 1.29 is 18.3 Å². The van der Waals surface area contributed by atoms with Gasteiger partial charge in [-0.2, -0.15) is 0 Å². The Kier molecular flexibility index (Phi) is 6.17. The van der Waals surface area contributed by atoms with Crippen LogP contribution in [-0.4, -0.2) is 51.1 Å². The van der Waals surface area contributed by atoms with Crippen LogP contribution < -0.4 is 11.1 Å². The third kappa shape index (κ3) is 5.00. The van der Waals surface area contributed by atoms with Crippen molar-refractivity contribution in [1.82, 2.24) is 4.90 Å². The molecular formula is C13H19F2N3O2. The molecular weight excluding hydrogens is 268 g/mol. The minimum absolute atomic E-state index is 0.136.